The summed E-state index contributed by atoms with van der Waals surface area (Å²) in [6, 6.07) is 5.28. The molecule has 1 heterocycles. The predicted octanol–water partition coefficient (Wildman–Crippen LogP) is 3.27. The van der Waals surface area contributed by atoms with Gasteiger partial charge < -0.3 is 13.8 Å². The monoisotopic (exact) mass is 421 g/mol. The molecule has 1 aliphatic heterocycles. The maximum absolute atomic E-state index is 12.6. The van der Waals surface area contributed by atoms with E-state index in [0.717, 1.165) is 5.69 Å². The van der Waals surface area contributed by atoms with Crippen LogP contribution >= 0.6 is 30.3 Å². The summed E-state index contributed by atoms with van der Waals surface area (Å²) in [5.41, 5.74) is 1.32. The molecular weight excluding hydrogens is 405 g/mol. The number of ether oxygens (including phenoxy) is 2. The Morgan fingerprint density at radius 2 is 2.29 bits per heavy atom. The van der Waals surface area contributed by atoms with Crippen molar-refractivity contribution in [1.82, 2.24) is 0 Å². The van der Waals surface area contributed by atoms with Crippen molar-refractivity contribution in [2.75, 3.05) is 24.6 Å². The number of hydrogen-bond acceptors (Lipinski definition) is 6. The Balaban J connectivity index is 2.42. The molecule has 0 bridgehead atoms. The van der Waals surface area contributed by atoms with Gasteiger partial charge in [0, 0.05) is 48.5 Å². The number of nitrogens with zero attached hydrogens (tertiary/aromatic N) is 1. The first-order valence-electron chi connectivity index (χ1n) is 6.57. The smallest absolute Gasteiger partial charge is 0.316 e. The van der Waals surface area contributed by atoms with E-state index >= 15 is 0 Å². The quantitative estimate of drug-likeness (QED) is 0.322. The highest BCUT2D eigenvalue weighted by Gasteiger charge is 2.34. The number of methoxy groups -OCH3 is 1. The van der Waals surface area contributed by atoms with E-state index in [2.05, 4.69) is 21.2 Å². The van der Waals surface area contributed by atoms with Crippen molar-refractivity contribution in [2.24, 2.45) is 5.92 Å². The first-order valence-corrected chi connectivity index (χ1v) is 9.89. The lowest BCUT2D eigenvalue weighted by Crippen LogP contribution is -2.26. The third-order valence-electron chi connectivity index (χ3n) is 3.33. The van der Waals surface area contributed by atoms with Gasteiger partial charge in [-0.3, -0.25) is 9.59 Å². The molecule has 1 atom stereocenters. The Bertz CT molecular complexity index is 552. The highest BCUT2D eigenvalue weighted by molar-refractivity contribution is 14.2. The molecule has 0 N–H and O–H groups in total. The van der Waals surface area contributed by atoms with Gasteiger partial charge in [-0.05, 0) is 25.5 Å². The molecule has 114 valence electrons. The third-order valence-corrected chi connectivity index (χ3v) is 5.30. The highest BCUT2D eigenvalue weighted by atomic mass is 127. The van der Waals surface area contributed by atoms with E-state index in [4.69, 9.17) is 9.47 Å². The molecular formula is C14H16INO4S. The minimum Gasteiger partial charge on any atom is -0.497 e. The second-order valence-electron chi connectivity index (χ2n) is 4.51. The fourth-order valence-corrected chi connectivity index (χ4v) is 3.91. The van der Waals surface area contributed by atoms with Crippen molar-refractivity contribution in [3.8, 4) is 5.75 Å². The molecule has 0 saturated heterocycles. The molecule has 1 aromatic rings. The average molecular weight is 421 g/mol. The van der Waals surface area contributed by atoms with Crippen molar-refractivity contribution < 1.29 is 19.1 Å². The zero-order chi connectivity index (χ0) is 15.4. The number of rotatable bonds is 4. The Morgan fingerprint density at radius 1 is 1.52 bits per heavy atom. The van der Waals surface area contributed by atoms with E-state index in [0.29, 0.717) is 24.3 Å². The number of ketones is 1. The molecule has 0 amide bonds. The molecule has 7 heteroatoms. The van der Waals surface area contributed by atoms with Gasteiger partial charge in [-0.15, -0.1) is 0 Å². The van der Waals surface area contributed by atoms with Crippen LogP contribution in [0.15, 0.2) is 18.2 Å². The van der Waals surface area contributed by atoms with Crippen LogP contribution in [0.25, 0.3) is 0 Å². The lowest BCUT2D eigenvalue weighted by atomic mass is 9.95. The fourth-order valence-electron chi connectivity index (χ4n) is 2.28. The summed E-state index contributed by atoms with van der Waals surface area (Å²) in [6.45, 7) is 2.62. The first-order chi connectivity index (χ1) is 10.1. The van der Waals surface area contributed by atoms with Crippen molar-refractivity contribution >= 4 is 47.8 Å². The second kappa shape index (κ2) is 7.35. The Kier molecular flexibility index (Phi) is 5.74. The number of anilines is 1. The summed E-state index contributed by atoms with van der Waals surface area (Å²) in [4.78, 5) is 24.6. The molecule has 1 aliphatic rings. The molecule has 0 aliphatic carbocycles. The van der Waals surface area contributed by atoms with E-state index < -0.39 is 11.9 Å². The largest absolute Gasteiger partial charge is 0.497 e. The van der Waals surface area contributed by atoms with Crippen molar-refractivity contribution in [3.05, 3.63) is 23.8 Å². The maximum Gasteiger partial charge on any atom is 0.316 e. The van der Waals surface area contributed by atoms with Crippen molar-refractivity contribution in [2.45, 2.75) is 13.3 Å². The van der Waals surface area contributed by atoms with E-state index in [1.165, 1.54) is 9.12 Å². The number of halogens is 1. The standard InChI is InChI=1S/C14H16INO4S/c1-3-20-14(18)11-6-7-16(21-15)12-8-9(19-2)4-5-10(12)13(11)17/h4-5,8,11H,3,6-7H2,1-2H3. The summed E-state index contributed by atoms with van der Waals surface area (Å²) in [6.07, 6.45) is 0.449. The molecule has 5 nitrogen and oxygen atoms in total. The molecule has 0 fully saturated rings. The normalized spacial score (nSPS) is 18.0. The second-order valence-corrected chi connectivity index (χ2v) is 6.27. The number of Topliss-reactive ketones (excluding diaryl/α,β-unsaturated/α-hetero) is 1. The number of fused-ring (bicyclic) bond motifs is 1. The van der Waals surface area contributed by atoms with Gasteiger partial charge in [0.15, 0.2) is 5.78 Å². The maximum atomic E-state index is 12.6. The van der Waals surface area contributed by atoms with Gasteiger partial charge in [0.05, 0.1) is 19.4 Å². The fraction of sp³-hybridized carbons (Fsp3) is 0.429. The molecule has 2 rings (SSSR count). The van der Waals surface area contributed by atoms with Gasteiger partial charge in [-0.25, -0.2) is 0 Å². The lowest BCUT2D eigenvalue weighted by Gasteiger charge is -2.20. The summed E-state index contributed by atoms with van der Waals surface area (Å²) in [5, 5.41) is 0. The van der Waals surface area contributed by atoms with E-state index in [9.17, 15) is 9.59 Å². The first kappa shape index (κ1) is 16.4. The number of benzene rings is 1. The minimum absolute atomic E-state index is 0.181. The molecule has 1 unspecified atom stereocenters. The van der Waals surface area contributed by atoms with Gasteiger partial charge >= 0.3 is 5.97 Å². The highest BCUT2D eigenvalue weighted by Crippen LogP contribution is 2.37. The lowest BCUT2D eigenvalue weighted by molar-refractivity contribution is -0.146. The van der Waals surface area contributed by atoms with Gasteiger partial charge in [0.2, 0.25) is 0 Å². The summed E-state index contributed by atoms with van der Waals surface area (Å²) >= 11 is 2.17. The average Bonchev–Trinajstić information content (AvgIpc) is 2.64. The molecule has 0 spiro atoms. The zero-order valence-corrected chi connectivity index (χ0v) is 14.8. The van der Waals surface area contributed by atoms with Crippen LogP contribution in [0.5, 0.6) is 5.75 Å². The Labute approximate surface area is 140 Å². The molecule has 0 saturated carbocycles. The van der Waals surface area contributed by atoms with Gasteiger partial charge in [0.25, 0.3) is 0 Å². The van der Waals surface area contributed by atoms with Crippen LogP contribution in [0.1, 0.15) is 23.7 Å². The van der Waals surface area contributed by atoms with Crippen molar-refractivity contribution in [1.29, 1.82) is 0 Å². The Hall–Kier alpha value is -0.960. The van der Waals surface area contributed by atoms with Crippen LogP contribution in [0.2, 0.25) is 0 Å². The molecule has 1 aromatic carbocycles. The summed E-state index contributed by atoms with van der Waals surface area (Å²) in [7, 11) is 3.08. The molecule has 21 heavy (non-hydrogen) atoms. The van der Waals surface area contributed by atoms with Crippen LogP contribution in [0.3, 0.4) is 0 Å². The van der Waals surface area contributed by atoms with Crippen LogP contribution < -0.4 is 9.04 Å². The Morgan fingerprint density at radius 3 is 2.90 bits per heavy atom. The number of carbonyl (C=O) groups is 2. The van der Waals surface area contributed by atoms with Crippen LogP contribution in [-0.4, -0.2) is 32.0 Å². The predicted molar refractivity (Wildman–Crippen MR) is 91.0 cm³/mol. The number of carbonyl (C=O) groups excluding carboxylic acids is 2. The van der Waals surface area contributed by atoms with Crippen LogP contribution in [0, 0.1) is 5.92 Å². The van der Waals surface area contributed by atoms with E-state index in [-0.39, 0.29) is 12.4 Å². The van der Waals surface area contributed by atoms with E-state index in [1.807, 2.05) is 10.4 Å². The summed E-state index contributed by atoms with van der Waals surface area (Å²) < 4.78 is 12.2. The molecule has 0 aromatic heterocycles. The minimum atomic E-state index is -0.731. The van der Waals surface area contributed by atoms with Crippen LogP contribution in [0.4, 0.5) is 5.69 Å². The van der Waals surface area contributed by atoms with Crippen LogP contribution in [-0.2, 0) is 9.53 Å². The zero-order valence-electron chi connectivity index (χ0n) is 11.8. The molecule has 0 radical (unpaired) electrons. The van der Waals surface area contributed by atoms with Gasteiger partial charge in [-0.1, -0.05) is 0 Å². The number of hydrogen-bond donors (Lipinski definition) is 0. The summed E-state index contributed by atoms with van der Waals surface area (Å²) in [5.74, 6) is -0.666. The number of esters is 1. The third kappa shape index (κ3) is 3.45. The SMILES string of the molecule is CCOC(=O)C1CCN(SI)c2cc(OC)ccc2C1=O. The van der Waals surface area contributed by atoms with Gasteiger partial charge in [-0.2, -0.15) is 0 Å². The van der Waals surface area contributed by atoms with Gasteiger partial charge in [0.1, 0.15) is 11.7 Å². The van der Waals surface area contributed by atoms with E-state index in [1.54, 1.807) is 26.2 Å². The van der Waals surface area contributed by atoms with Crippen molar-refractivity contribution in [3.63, 3.8) is 0 Å². The topological polar surface area (TPSA) is 55.8 Å².